The molecule has 0 spiro atoms. The van der Waals surface area contributed by atoms with E-state index in [2.05, 4.69) is 42.5 Å². The predicted molar refractivity (Wildman–Crippen MR) is 72.3 cm³/mol. The van der Waals surface area contributed by atoms with Crippen LogP contribution in [0.4, 0.5) is 0 Å². The molecule has 0 bridgehead atoms. The molecule has 1 aromatic carbocycles. The van der Waals surface area contributed by atoms with Crippen LogP contribution in [0, 0.1) is 0 Å². The van der Waals surface area contributed by atoms with Crippen LogP contribution in [0.1, 0.15) is 42.0 Å². The topological polar surface area (TPSA) is 43.8 Å². The Balaban J connectivity index is 1.88. The second kappa shape index (κ2) is 4.58. The fourth-order valence-corrected chi connectivity index (χ4v) is 2.92. The maximum atomic E-state index is 6.43. The van der Waals surface area contributed by atoms with E-state index in [-0.39, 0.29) is 6.04 Å². The van der Waals surface area contributed by atoms with Gasteiger partial charge in [0.1, 0.15) is 0 Å². The SMILES string of the molecule is CCn1cc(C(N)C2CCc3ccccc32)cn1. The number of aryl methyl sites for hydroxylation is 2. The average Bonchev–Trinajstić information content (AvgIpc) is 3.04. The molecule has 3 rings (SSSR count). The minimum atomic E-state index is 0.0638. The van der Waals surface area contributed by atoms with Crippen molar-refractivity contribution >= 4 is 0 Å². The summed E-state index contributed by atoms with van der Waals surface area (Å²) in [6, 6.07) is 8.73. The molecule has 2 aromatic rings. The Morgan fingerprint density at radius 1 is 1.44 bits per heavy atom. The van der Waals surface area contributed by atoms with Crippen molar-refractivity contribution in [1.29, 1.82) is 0 Å². The lowest BCUT2D eigenvalue weighted by molar-refractivity contribution is 0.549. The van der Waals surface area contributed by atoms with Gasteiger partial charge in [0.05, 0.1) is 6.20 Å². The van der Waals surface area contributed by atoms with Crippen molar-refractivity contribution in [2.75, 3.05) is 0 Å². The summed E-state index contributed by atoms with van der Waals surface area (Å²) in [5, 5.41) is 4.32. The molecule has 0 aliphatic heterocycles. The Morgan fingerprint density at radius 3 is 3.06 bits per heavy atom. The second-order valence-electron chi connectivity index (χ2n) is 5.00. The first kappa shape index (κ1) is 11.5. The first-order valence-corrected chi connectivity index (χ1v) is 6.65. The molecule has 1 aromatic heterocycles. The van der Waals surface area contributed by atoms with E-state index in [1.165, 1.54) is 11.1 Å². The lowest BCUT2D eigenvalue weighted by Crippen LogP contribution is -2.17. The van der Waals surface area contributed by atoms with E-state index in [0.29, 0.717) is 5.92 Å². The third-order valence-electron chi connectivity index (χ3n) is 3.97. The predicted octanol–water partition coefficient (Wildman–Crippen LogP) is 2.63. The van der Waals surface area contributed by atoms with Gasteiger partial charge < -0.3 is 5.73 Å². The number of hydrogen-bond donors (Lipinski definition) is 1. The van der Waals surface area contributed by atoms with E-state index in [1.54, 1.807) is 0 Å². The first-order chi connectivity index (χ1) is 8.79. The third-order valence-corrected chi connectivity index (χ3v) is 3.97. The molecule has 0 radical (unpaired) electrons. The standard InChI is InChI=1S/C15H19N3/c1-2-18-10-12(9-17-18)15(16)14-8-7-11-5-3-4-6-13(11)14/h3-6,9-10,14-15H,2,7-8,16H2,1H3. The summed E-state index contributed by atoms with van der Waals surface area (Å²) in [5.41, 5.74) is 10.5. The maximum absolute atomic E-state index is 6.43. The smallest absolute Gasteiger partial charge is 0.0537 e. The van der Waals surface area contributed by atoms with E-state index >= 15 is 0 Å². The fourth-order valence-electron chi connectivity index (χ4n) is 2.92. The highest BCUT2D eigenvalue weighted by atomic mass is 15.3. The van der Waals surface area contributed by atoms with Gasteiger partial charge >= 0.3 is 0 Å². The Morgan fingerprint density at radius 2 is 2.28 bits per heavy atom. The molecule has 1 heterocycles. The number of fused-ring (bicyclic) bond motifs is 1. The van der Waals surface area contributed by atoms with Gasteiger partial charge in [-0.25, -0.2) is 0 Å². The summed E-state index contributed by atoms with van der Waals surface area (Å²) in [4.78, 5) is 0. The molecule has 2 unspecified atom stereocenters. The number of nitrogens with two attached hydrogens (primary N) is 1. The zero-order valence-corrected chi connectivity index (χ0v) is 10.7. The maximum Gasteiger partial charge on any atom is 0.0537 e. The van der Waals surface area contributed by atoms with Gasteiger partial charge in [0.2, 0.25) is 0 Å². The summed E-state index contributed by atoms with van der Waals surface area (Å²) in [6.45, 7) is 2.99. The third kappa shape index (κ3) is 1.85. The molecule has 18 heavy (non-hydrogen) atoms. The number of rotatable bonds is 3. The number of aromatic nitrogens is 2. The molecule has 2 N–H and O–H groups in total. The van der Waals surface area contributed by atoms with E-state index in [1.807, 2.05) is 10.9 Å². The molecule has 1 aliphatic carbocycles. The van der Waals surface area contributed by atoms with Gasteiger partial charge in [0.15, 0.2) is 0 Å². The van der Waals surface area contributed by atoms with Crippen LogP contribution >= 0.6 is 0 Å². The highest BCUT2D eigenvalue weighted by Gasteiger charge is 2.28. The molecular formula is C15H19N3. The fraction of sp³-hybridized carbons (Fsp3) is 0.400. The monoisotopic (exact) mass is 241 g/mol. The van der Waals surface area contributed by atoms with Gasteiger partial charge in [-0.15, -0.1) is 0 Å². The summed E-state index contributed by atoms with van der Waals surface area (Å²) in [5.74, 6) is 0.440. The molecule has 0 saturated carbocycles. The quantitative estimate of drug-likeness (QED) is 0.897. The van der Waals surface area contributed by atoms with Crippen molar-refractivity contribution in [3.05, 3.63) is 53.3 Å². The number of benzene rings is 1. The molecule has 94 valence electrons. The van der Waals surface area contributed by atoms with E-state index in [4.69, 9.17) is 5.73 Å². The van der Waals surface area contributed by atoms with Gasteiger partial charge in [0.25, 0.3) is 0 Å². The lowest BCUT2D eigenvalue weighted by atomic mass is 9.90. The van der Waals surface area contributed by atoms with E-state index in [9.17, 15) is 0 Å². The van der Waals surface area contributed by atoms with Gasteiger partial charge in [-0.3, -0.25) is 4.68 Å². The van der Waals surface area contributed by atoms with Crippen LogP contribution in [0.25, 0.3) is 0 Å². The van der Waals surface area contributed by atoms with Crippen LogP contribution in [-0.2, 0) is 13.0 Å². The van der Waals surface area contributed by atoms with Crippen molar-refractivity contribution in [2.24, 2.45) is 5.73 Å². The van der Waals surface area contributed by atoms with Crippen LogP contribution in [0.3, 0.4) is 0 Å². The molecule has 0 saturated heterocycles. The van der Waals surface area contributed by atoms with Gasteiger partial charge in [0, 0.05) is 30.3 Å². The van der Waals surface area contributed by atoms with Crippen LogP contribution in [0.5, 0.6) is 0 Å². The zero-order chi connectivity index (χ0) is 12.5. The summed E-state index contributed by atoms with van der Waals surface area (Å²) < 4.78 is 1.94. The van der Waals surface area contributed by atoms with Crippen LogP contribution in [0.15, 0.2) is 36.7 Å². The van der Waals surface area contributed by atoms with Gasteiger partial charge in [-0.05, 0) is 30.9 Å². The Hall–Kier alpha value is -1.61. The average molecular weight is 241 g/mol. The second-order valence-corrected chi connectivity index (χ2v) is 5.00. The van der Waals surface area contributed by atoms with Crippen molar-refractivity contribution < 1.29 is 0 Å². The van der Waals surface area contributed by atoms with Crippen LogP contribution in [-0.4, -0.2) is 9.78 Å². The largest absolute Gasteiger partial charge is 0.323 e. The van der Waals surface area contributed by atoms with E-state index < -0.39 is 0 Å². The van der Waals surface area contributed by atoms with Crippen LogP contribution < -0.4 is 5.73 Å². The van der Waals surface area contributed by atoms with Crippen molar-refractivity contribution in [3.63, 3.8) is 0 Å². The Kier molecular flexibility index (Phi) is 2.92. The summed E-state index contributed by atoms with van der Waals surface area (Å²) in [6.07, 6.45) is 6.29. The molecule has 3 nitrogen and oxygen atoms in total. The van der Waals surface area contributed by atoms with Crippen LogP contribution in [0.2, 0.25) is 0 Å². The normalized spacial score (nSPS) is 19.8. The van der Waals surface area contributed by atoms with Crippen molar-refractivity contribution in [1.82, 2.24) is 9.78 Å². The molecule has 1 aliphatic rings. The number of hydrogen-bond acceptors (Lipinski definition) is 2. The molecule has 3 heteroatoms. The molecule has 0 fully saturated rings. The molecular weight excluding hydrogens is 222 g/mol. The summed E-state index contributed by atoms with van der Waals surface area (Å²) in [7, 11) is 0. The summed E-state index contributed by atoms with van der Waals surface area (Å²) >= 11 is 0. The van der Waals surface area contributed by atoms with Gasteiger partial charge in [-0.2, -0.15) is 5.10 Å². The number of nitrogens with zero attached hydrogens (tertiary/aromatic N) is 2. The van der Waals surface area contributed by atoms with Gasteiger partial charge in [-0.1, -0.05) is 24.3 Å². The Bertz CT molecular complexity index is 544. The lowest BCUT2D eigenvalue weighted by Gasteiger charge is -2.19. The highest BCUT2D eigenvalue weighted by molar-refractivity contribution is 5.37. The minimum absolute atomic E-state index is 0.0638. The van der Waals surface area contributed by atoms with Crippen molar-refractivity contribution in [3.8, 4) is 0 Å². The Labute approximate surface area is 108 Å². The van der Waals surface area contributed by atoms with E-state index in [0.717, 1.165) is 24.9 Å². The zero-order valence-electron chi connectivity index (χ0n) is 10.7. The minimum Gasteiger partial charge on any atom is -0.323 e. The first-order valence-electron chi connectivity index (χ1n) is 6.65. The molecule has 2 atom stereocenters. The molecule has 0 amide bonds. The highest BCUT2D eigenvalue weighted by Crippen LogP contribution is 2.40. The van der Waals surface area contributed by atoms with Crippen molar-refractivity contribution in [2.45, 2.75) is 38.3 Å².